The fourth-order valence-electron chi connectivity index (χ4n) is 2.34. The molecule has 0 radical (unpaired) electrons. The van der Waals surface area contributed by atoms with Crippen LogP contribution in [0.3, 0.4) is 0 Å². The van der Waals surface area contributed by atoms with Gasteiger partial charge in [0.05, 0.1) is 12.3 Å². The molecular formula is C17H25N3O. The van der Waals surface area contributed by atoms with Crippen LogP contribution in [-0.2, 0) is 19.9 Å². The summed E-state index contributed by atoms with van der Waals surface area (Å²) >= 11 is 0. The van der Waals surface area contributed by atoms with Gasteiger partial charge in [0.15, 0.2) is 0 Å². The molecule has 1 atom stereocenters. The molecule has 2 rings (SSSR count). The highest BCUT2D eigenvalue weighted by atomic mass is 16.5. The molecule has 1 aromatic heterocycles. The minimum absolute atomic E-state index is 0.0925. The molecule has 0 saturated carbocycles. The Hall–Kier alpha value is -1.81. The van der Waals surface area contributed by atoms with Crippen LogP contribution >= 0.6 is 0 Å². The van der Waals surface area contributed by atoms with Crippen LogP contribution in [0.5, 0.6) is 5.75 Å². The molecule has 0 saturated heterocycles. The normalized spacial score (nSPS) is 12.4. The number of hydrogen-bond acceptors (Lipinski definition) is 3. The first-order valence-corrected chi connectivity index (χ1v) is 7.55. The van der Waals surface area contributed by atoms with Crippen LogP contribution < -0.4 is 10.5 Å². The molecule has 0 aliphatic heterocycles. The smallest absolute Gasteiger partial charge is 0.119 e. The van der Waals surface area contributed by atoms with Crippen molar-refractivity contribution < 1.29 is 4.74 Å². The predicted molar refractivity (Wildman–Crippen MR) is 85.6 cm³/mol. The maximum absolute atomic E-state index is 6.20. The van der Waals surface area contributed by atoms with Crippen molar-refractivity contribution in [3.8, 4) is 5.75 Å². The summed E-state index contributed by atoms with van der Waals surface area (Å²) in [6.07, 6.45) is 2.63. The topological polar surface area (TPSA) is 53.1 Å². The van der Waals surface area contributed by atoms with E-state index < -0.39 is 0 Å². The van der Waals surface area contributed by atoms with Gasteiger partial charge in [-0.2, -0.15) is 5.10 Å². The Morgan fingerprint density at radius 1 is 1.33 bits per heavy atom. The zero-order valence-corrected chi connectivity index (χ0v) is 13.2. The SMILES string of the molecule is CCc1cc(CC(N)CCOc2cccc(C)c2)n(C)n1. The lowest BCUT2D eigenvalue weighted by Crippen LogP contribution is -2.26. The minimum Gasteiger partial charge on any atom is -0.494 e. The van der Waals surface area contributed by atoms with E-state index in [1.54, 1.807) is 0 Å². The molecule has 114 valence electrons. The van der Waals surface area contributed by atoms with Crippen LogP contribution in [0.1, 0.15) is 30.3 Å². The van der Waals surface area contributed by atoms with Crippen molar-refractivity contribution in [1.29, 1.82) is 0 Å². The van der Waals surface area contributed by atoms with Gasteiger partial charge in [-0.25, -0.2) is 0 Å². The zero-order chi connectivity index (χ0) is 15.2. The molecule has 0 aliphatic carbocycles. The quantitative estimate of drug-likeness (QED) is 0.851. The summed E-state index contributed by atoms with van der Waals surface area (Å²) in [5.41, 5.74) is 9.72. The van der Waals surface area contributed by atoms with Gasteiger partial charge in [0, 0.05) is 25.2 Å². The van der Waals surface area contributed by atoms with E-state index in [4.69, 9.17) is 10.5 Å². The number of rotatable bonds is 7. The largest absolute Gasteiger partial charge is 0.494 e. The van der Waals surface area contributed by atoms with Crippen molar-refractivity contribution in [2.24, 2.45) is 12.8 Å². The Labute approximate surface area is 126 Å². The van der Waals surface area contributed by atoms with Gasteiger partial charge in [0.25, 0.3) is 0 Å². The van der Waals surface area contributed by atoms with E-state index in [9.17, 15) is 0 Å². The third-order valence-electron chi connectivity index (χ3n) is 3.61. The molecule has 0 aliphatic rings. The number of aromatic nitrogens is 2. The van der Waals surface area contributed by atoms with Gasteiger partial charge < -0.3 is 10.5 Å². The second-order valence-corrected chi connectivity index (χ2v) is 5.52. The Morgan fingerprint density at radius 3 is 2.81 bits per heavy atom. The maximum Gasteiger partial charge on any atom is 0.119 e. The molecule has 0 amide bonds. The maximum atomic E-state index is 6.20. The van der Waals surface area contributed by atoms with E-state index >= 15 is 0 Å². The van der Waals surface area contributed by atoms with Crippen molar-refractivity contribution in [2.45, 2.75) is 39.2 Å². The summed E-state index contributed by atoms with van der Waals surface area (Å²) in [6, 6.07) is 10.3. The number of nitrogens with zero attached hydrogens (tertiary/aromatic N) is 2. The molecule has 0 spiro atoms. The van der Waals surface area contributed by atoms with E-state index in [1.807, 2.05) is 29.9 Å². The van der Waals surface area contributed by atoms with E-state index in [-0.39, 0.29) is 6.04 Å². The summed E-state index contributed by atoms with van der Waals surface area (Å²) in [4.78, 5) is 0. The number of hydrogen-bond donors (Lipinski definition) is 1. The molecule has 1 aromatic carbocycles. The van der Waals surface area contributed by atoms with Crippen molar-refractivity contribution in [3.63, 3.8) is 0 Å². The highest BCUT2D eigenvalue weighted by Crippen LogP contribution is 2.13. The lowest BCUT2D eigenvalue weighted by atomic mass is 10.1. The van der Waals surface area contributed by atoms with Crippen LogP contribution in [0, 0.1) is 6.92 Å². The fraction of sp³-hybridized carbons (Fsp3) is 0.471. The number of nitrogens with two attached hydrogens (primary N) is 1. The second kappa shape index (κ2) is 7.27. The van der Waals surface area contributed by atoms with Gasteiger partial charge >= 0.3 is 0 Å². The number of ether oxygens (including phenoxy) is 1. The van der Waals surface area contributed by atoms with E-state index in [2.05, 4.69) is 31.1 Å². The second-order valence-electron chi connectivity index (χ2n) is 5.52. The van der Waals surface area contributed by atoms with Gasteiger partial charge in [-0.15, -0.1) is 0 Å². The average molecular weight is 287 g/mol. The molecule has 2 N–H and O–H groups in total. The van der Waals surface area contributed by atoms with Crippen LogP contribution in [0.4, 0.5) is 0 Å². The number of aryl methyl sites for hydroxylation is 3. The van der Waals surface area contributed by atoms with Crippen LogP contribution in [0.2, 0.25) is 0 Å². The first-order chi connectivity index (χ1) is 10.1. The molecule has 21 heavy (non-hydrogen) atoms. The van der Waals surface area contributed by atoms with Gasteiger partial charge in [-0.1, -0.05) is 19.1 Å². The molecular weight excluding hydrogens is 262 g/mol. The highest BCUT2D eigenvalue weighted by molar-refractivity contribution is 5.27. The van der Waals surface area contributed by atoms with Gasteiger partial charge in [-0.3, -0.25) is 4.68 Å². The summed E-state index contributed by atoms with van der Waals surface area (Å²) in [5, 5.41) is 4.45. The Morgan fingerprint density at radius 2 is 2.14 bits per heavy atom. The van der Waals surface area contributed by atoms with Crippen LogP contribution in [0.25, 0.3) is 0 Å². The first kappa shape index (κ1) is 15.6. The molecule has 1 unspecified atom stereocenters. The fourth-order valence-corrected chi connectivity index (χ4v) is 2.34. The third-order valence-corrected chi connectivity index (χ3v) is 3.61. The molecule has 0 bridgehead atoms. The lowest BCUT2D eigenvalue weighted by Gasteiger charge is -2.13. The van der Waals surface area contributed by atoms with E-state index in [1.165, 1.54) is 11.3 Å². The molecule has 0 fully saturated rings. The number of benzene rings is 1. The Balaban J connectivity index is 1.79. The van der Waals surface area contributed by atoms with E-state index in [0.717, 1.165) is 30.7 Å². The van der Waals surface area contributed by atoms with Crippen LogP contribution in [0.15, 0.2) is 30.3 Å². The van der Waals surface area contributed by atoms with Crippen molar-refractivity contribution >= 4 is 0 Å². The van der Waals surface area contributed by atoms with Crippen molar-refractivity contribution in [3.05, 3.63) is 47.3 Å². The van der Waals surface area contributed by atoms with Crippen LogP contribution in [-0.4, -0.2) is 22.4 Å². The summed E-state index contributed by atoms with van der Waals surface area (Å²) < 4.78 is 7.68. The first-order valence-electron chi connectivity index (χ1n) is 7.55. The predicted octanol–water partition coefficient (Wildman–Crippen LogP) is 2.63. The average Bonchev–Trinajstić information content (AvgIpc) is 2.79. The highest BCUT2D eigenvalue weighted by Gasteiger charge is 2.09. The van der Waals surface area contributed by atoms with Gasteiger partial charge in [-0.05, 0) is 43.5 Å². The lowest BCUT2D eigenvalue weighted by molar-refractivity contribution is 0.296. The third kappa shape index (κ3) is 4.60. The molecule has 4 heteroatoms. The monoisotopic (exact) mass is 287 g/mol. The molecule has 1 heterocycles. The van der Waals surface area contributed by atoms with Gasteiger partial charge in [0.1, 0.15) is 5.75 Å². The minimum atomic E-state index is 0.0925. The standard InChI is InChI=1S/C17H25N3O/c1-4-15-12-16(20(3)19-15)11-14(18)8-9-21-17-7-5-6-13(2)10-17/h5-7,10,12,14H,4,8-9,11,18H2,1-3H3. The summed E-state index contributed by atoms with van der Waals surface area (Å²) in [6.45, 7) is 4.82. The molecule has 4 nitrogen and oxygen atoms in total. The van der Waals surface area contributed by atoms with Crippen molar-refractivity contribution in [2.75, 3.05) is 6.61 Å². The summed E-state index contributed by atoms with van der Waals surface area (Å²) in [7, 11) is 1.98. The van der Waals surface area contributed by atoms with E-state index in [0.29, 0.717) is 6.61 Å². The van der Waals surface area contributed by atoms with Gasteiger partial charge in [0.2, 0.25) is 0 Å². The Bertz CT molecular complexity index is 577. The zero-order valence-electron chi connectivity index (χ0n) is 13.2. The summed E-state index contributed by atoms with van der Waals surface area (Å²) in [5.74, 6) is 0.913. The Kier molecular flexibility index (Phi) is 5.39. The molecule has 2 aromatic rings. The van der Waals surface area contributed by atoms with Crippen molar-refractivity contribution in [1.82, 2.24) is 9.78 Å².